The average Bonchev–Trinajstić information content (AvgIpc) is 3.25. The van der Waals surface area contributed by atoms with Gasteiger partial charge in [-0.15, -0.1) is 0 Å². The fourth-order valence-corrected chi connectivity index (χ4v) is 3.58. The van der Waals surface area contributed by atoms with Crippen molar-refractivity contribution in [2.45, 2.75) is 31.5 Å². The van der Waals surface area contributed by atoms with Crippen molar-refractivity contribution in [1.29, 1.82) is 0 Å². The number of hydrogen-bond donors (Lipinski definition) is 0. The lowest BCUT2D eigenvalue weighted by atomic mass is 10.1. The van der Waals surface area contributed by atoms with Crippen molar-refractivity contribution in [2.75, 3.05) is 26.2 Å². The van der Waals surface area contributed by atoms with Gasteiger partial charge in [0, 0.05) is 26.2 Å². The van der Waals surface area contributed by atoms with Gasteiger partial charge >= 0.3 is 0 Å². The third-order valence-electron chi connectivity index (χ3n) is 5.00. The van der Waals surface area contributed by atoms with Gasteiger partial charge in [-0.2, -0.15) is 0 Å². The van der Waals surface area contributed by atoms with Crippen LogP contribution in [0.2, 0.25) is 0 Å². The lowest BCUT2D eigenvalue weighted by Crippen LogP contribution is -2.54. The zero-order chi connectivity index (χ0) is 16.0. The van der Waals surface area contributed by atoms with Crippen LogP contribution < -0.4 is 0 Å². The maximum absolute atomic E-state index is 13.3. The van der Waals surface area contributed by atoms with Crippen LogP contribution in [-0.4, -0.2) is 54.1 Å². The Morgan fingerprint density at radius 2 is 2.00 bits per heavy atom. The van der Waals surface area contributed by atoms with Crippen molar-refractivity contribution in [3.8, 4) is 0 Å². The number of hydrogen-bond acceptors (Lipinski definition) is 3. The molecule has 2 atom stereocenters. The van der Waals surface area contributed by atoms with Gasteiger partial charge < -0.3 is 9.64 Å². The van der Waals surface area contributed by atoms with E-state index in [4.69, 9.17) is 4.74 Å². The summed E-state index contributed by atoms with van der Waals surface area (Å²) in [5.41, 5.74) is 0.739. The number of carbonyl (C=O) groups excluding carboxylic acids is 1. The molecule has 1 aromatic rings. The summed E-state index contributed by atoms with van der Waals surface area (Å²) in [5.74, 6) is -0.917. The molecule has 1 aliphatic carbocycles. The van der Waals surface area contributed by atoms with Crippen molar-refractivity contribution >= 4 is 5.91 Å². The van der Waals surface area contributed by atoms with Gasteiger partial charge in [0.05, 0.1) is 12.1 Å². The molecule has 3 aliphatic rings. The maximum Gasteiger partial charge on any atom is 0.248 e. The summed E-state index contributed by atoms with van der Waals surface area (Å²) in [6.07, 6.45) is 2.44. The molecule has 4 rings (SSSR count). The quantitative estimate of drug-likeness (QED) is 0.847. The van der Waals surface area contributed by atoms with Crippen molar-refractivity contribution in [2.24, 2.45) is 5.92 Å². The van der Waals surface area contributed by atoms with Crippen molar-refractivity contribution in [1.82, 2.24) is 9.80 Å². The second kappa shape index (κ2) is 5.83. The topological polar surface area (TPSA) is 32.8 Å². The van der Waals surface area contributed by atoms with Crippen LogP contribution in [0.3, 0.4) is 0 Å². The van der Waals surface area contributed by atoms with E-state index in [0.29, 0.717) is 12.5 Å². The first-order valence-corrected chi connectivity index (χ1v) is 8.17. The molecule has 23 heavy (non-hydrogen) atoms. The van der Waals surface area contributed by atoms with E-state index in [-0.39, 0.29) is 24.7 Å². The van der Waals surface area contributed by atoms with Crippen LogP contribution in [0, 0.1) is 17.6 Å². The molecule has 2 aliphatic heterocycles. The maximum atomic E-state index is 13.3. The van der Waals surface area contributed by atoms with Crippen LogP contribution in [0.4, 0.5) is 8.78 Å². The third-order valence-corrected chi connectivity index (χ3v) is 5.00. The van der Waals surface area contributed by atoms with Crippen LogP contribution in [0.15, 0.2) is 18.2 Å². The molecule has 0 bridgehead atoms. The lowest BCUT2D eigenvalue weighted by Gasteiger charge is -2.36. The summed E-state index contributed by atoms with van der Waals surface area (Å²) < 4.78 is 32.1. The Morgan fingerprint density at radius 1 is 1.17 bits per heavy atom. The Labute approximate surface area is 134 Å². The molecule has 4 nitrogen and oxygen atoms in total. The summed E-state index contributed by atoms with van der Waals surface area (Å²) in [6, 6.07) is 4.09. The van der Waals surface area contributed by atoms with Crippen LogP contribution >= 0.6 is 0 Å². The minimum absolute atomic E-state index is 0.0248. The largest absolute Gasteiger partial charge is 0.365 e. The summed E-state index contributed by atoms with van der Waals surface area (Å²) in [5, 5.41) is 0. The van der Waals surface area contributed by atoms with Crippen LogP contribution in [0.1, 0.15) is 18.4 Å². The zero-order valence-corrected chi connectivity index (χ0v) is 12.9. The summed E-state index contributed by atoms with van der Waals surface area (Å²) in [4.78, 5) is 16.3. The molecule has 0 N–H and O–H groups in total. The zero-order valence-electron chi connectivity index (χ0n) is 12.9. The highest BCUT2D eigenvalue weighted by molar-refractivity contribution is 5.78. The van der Waals surface area contributed by atoms with E-state index >= 15 is 0 Å². The van der Waals surface area contributed by atoms with Crippen molar-refractivity contribution in [3.63, 3.8) is 0 Å². The molecule has 3 fully saturated rings. The molecule has 0 spiro atoms. The highest BCUT2D eigenvalue weighted by atomic mass is 19.2. The number of benzene rings is 1. The smallest absolute Gasteiger partial charge is 0.248 e. The SMILES string of the molecule is O=C1CO[C@H]2CN(Cc3ccc(F)c(F)c3)C[C@H]2N1CC1CC1. The molecular formula is C17H20F2N2O2. The Balaban J connectivity index is 1.44. The number of morpholine rings is 1. The first-order valence-electron chi connectivity index (χ1n) is 8.17. The first-order chi connectivity index (χ1) is 11.1. The third kappa shape index (κ3) is 3.10. The predicted molar refractivity (Wildman–Crippen MR) is 79.6 cm³/mol. The van der Waals surface area contributed by atoms with Gasteiger partial charge in [-0.25, -0.2) is 8.78 Å². The minimum Gasteiger partial charge on any atom is -0.365 e. The first kappa shape index (κ1) is 15.0. The van der Waals surface area contributed by atoms with E-state index < -0.39 is 11.6 Å². The van der Waals surface area contributed by atoms with Crippen molar-refractivity contribution in [3.05, 3.63) is 35.4 Å². The van der Waals surface area contributed by atoms with Crippen LogP contribution in [0.5, 0.6) is 0 Å². The Bertz CT molecular complexity index is 621. The van der Waals surface area contributed by atoms with E-state index in [0.717, 1.165) is 31.3 Å². The number of carbonyl (C=O) groups is 1. The van der Waals surface area contributed by atoms with Gasteiger partial charge in [0.2, 0.25) is 5.91 Å². The summed E-state index contributed by atoms with van der Waals surface area (Å²) in [6.45, 7) is 2.98. The second-order valence-corrected chi connectivity index (χ2v) is 6.85. The predicted octanol–water partition coefficient (Wildman–Crippen LogP) is 1.79. The molecule has 0 unspecified atom stereocenters. The molecule has 0 radical (unpaired) electrons. The number of ether oxygens (including phenoxy) is 1. The van der Waals surface area contributed by atoms with Gasteiger partial charge in [0.25, 0.3) is 0 Å². The van der Waals surface area contributed by atoms with Crippen LogP contribution in [-0.2, 0) is 16.1 Å². The normalized spacial score (nSPS) is 28.3. The van der Waals surface area contributed by atoms with Gasteiger partial charge in [0.15, 0.2) is 11.6 Å². The summed E-state index contributed by atoms with van der Waals surface area (Å²) in [7, 11) is 0. The monoisotopic (exact) mass is 322 g/mol. The number of amides is 1. The molecular weight excluding hydrogens is 302 g/mol. The van der Waals surface area contributed by atoms with Gasteiger partial charge in [-0.3, -0.25) is 9.69 Å². The molecule has 1 aromatic carbocycles. The van der Waals surface area contributed by atoms with Gasteiger partial charge in [-0.1, -0.05) is 6.07 Å². The fourth-order valence-electron chi connectivity index (χ4n) is 3.58. The molecule has 6 heteroatoms. The Hall–Kier alpha value is -1.53. The molecule has 1 saturated carbocycles. The van der Waals surface area contributed by atoms with Gasteiger partial charge in [0.1, 0.15) is 6.61 Å². The standard InChI is InChI=1S/C17H20F2N2O2/c18-13-4-3-12(5-14(13)19)6-20-8-15-16(9-20)23-10-17(22)21(15)7-11-1-2-11/h3-5,11,15-16H,1-2,6-10H2/t15-,16+/m1/s1. The Kier molecular flexibility index (Phi) is 3.81. The number of halogens is 2. The van der Waals surface area contributed by atoms with Crippen molar-refractivity contribution < 1.29 is 18.3 Å². The molecule has 0 aromatic heterocycles. The highest BCUT2D eigenvalue weighted by Crippen LogP contribution is 2.33. The molecule has 2 saturated heterocycles. The number of fused-ring (bicyclic) bond motifs is 1. The van der Waals surface area contributed by atoms with Gasteiger partial charge in [-0.05, 0) is 36.5 Å². The molecule has 124 valence electrons. The van der Waals surface area contributed by atoms with E-state index in [1.165, 1.54) is 18.9 Å². The fraction of sp³-hybridized carbons (Fsp3) is 0.588. The van der Waals surface area contributed by atoms with Crippen LogP contribution in [0.25, 0.3) is 0 Å². The van der Waals surface area contributed by atoms with E-state index in [2.05, 4.69) is 4.90 Å². The number of rotatable bonds is 4. The van der Waals surface area contributed by atoms with E-state index in [9.17, 15) is 13.6 Å². The summed E-state index contributed by atoms with van der Waals surface area (Å²) >= 11 is 0. The van der Waals surface area contributed by atoms with E-state index in [1.807, 2.05) is 4.90 Å². The Morgan fingerprint density at radius 3 is 2.74 bits per heavy atom. The minimum atomic E-state index is -0.826. The number of likely N-dealkylation sites (tertiary alicyclic amines) is 1. The highest BCUT2D eigenvalue weighted by Gasteiger charge is 2.44. The molecule has 1 amide bonds. The second-order valence-electron chi connectivity index (χ2n) is 6.85. The van der Waals surface area contributed by atoms with E-state index in [1.54, 1.807) is 6.07 Å². The lowest BCUT2D eigenvalue weighted by molar-refractivity contribution is -0.153. The molecule has 2 heterocycles. The average molecular weight is 322 g/mol. The number of nitrogens with zero attached hydrogens (tertiary/aromatic N) is 2.